The van der Waals surface area contributed by atoms with Crippen LogP contribution >= 0.6 is 11.6 Å². The molecule has 0 saturated heterocycles. The highest BCUT2D eigenvalue weighted by molar-refractivity contribution is 6.16. The zero-order valence-electron chi connectivity index (χ0n) is 9.82. The topological polar surface area (TPSA) is 38.2 Å². The Morgan fingerprint density at radius 2 is 2.12 bits per heavy atom. The molecule has 0 radical (unpaired) electrons. The molecule has 1 rings (SSSR count). The third-order valence-corrected chi connectivity index (χ3v) is 2.52. The second-order valence-corrected chi connectivity index (χ2v) is 3.54. The molecule has 0 atom stereocenters. The van der Waals surface area contributed by atoms with Crippen LogP contribution in [0.25, 0.3) is 0 Å². The van der Waals surface area contributed by atoms with Crippen molar-refractivity contribution in [3.05, 3.63) is 18.1 Å². The molecule has 1 heterocycles. The molecule has 0 amide bonds. The first-order chi connectivity index (χ1) is 7.81. The first-order valence-corrected chi connectivity index (χ1v) is 6.04. The molecule has 0 saturated carbocycles. The minimum Gasteiger partial charge on any atom is -0.380 e. The van der Waals surface area contributed by atoms with Crippen molar-refractivity contribution in [2.24, 2.45) is 0 Å². The van der Waals surface area contributed by atoms with Gasteiger partial charge in [0.05, 0.1) is 30.6 Å². The predicted molar refractivity (Wildman–Crippen MR) is 66.0 cm³/mol. The Morgan fingerprint density at radius 1 is 1.31 bits per heavy atom. The zero-order chi connectivity index (χ0) is 11.8. The van der Waals surface area contributed by atoms with Gasteiger partial charge in [0.1, 0.15) is 5.82 Å². The standard InChI is InChI=1S/C11H18ClN3O/c1-3-15(5-6-16-4-2)11-9-13-10(7-12)8-14-11/h8-9H,3-7H2,1-2H3. The van der Waals surface area contributed by atoms with Gasteiger partial charge in [-0.15, -0.1) is 11.6 Å². The van der Waals surface area contributed by atoms with Crippen LogP contribution in [-0.4, -0.2) is 36.3 Å². The van der Waals surface area contributed by atoms with Crippen molar-refractivity contribution in [3.8, 4) is 0 Å². The average Bonchev–Trinajstić information content (AvgIpc) is 2.35. The molecule has 90 valence electrons. The second kappa shape index (κ2) is 7.41. The van der Waals surface area contributed by atoms with Crippen molar-refractivity contribution >= 4 is 17.4 Å². The Kier molecular flexibility index (Phi) is 6.11. The summed E-state index contributed by atoms with van der Waals surface area (Å²) in [6.45, 7) is 7.26. The number of likely N-dealkylation sites (N-methyl/N-ethyl adjacent to an activating group) is 1. The highest BCUT2D eigenvalue weighted by Crippen LogP contribution is 2.09. The molecule has 0 spiro atoms. The third-order valence-electron chi connectivity index (χ3n) is 2.24. The number of halogens is 1. The van der Waals surface area contributed by atoms with Crippen molar-refractivity contribution < 1.29 is 4.74 Å². The van der Waals surface area contributed by atoms with Gasteiger partial charge in [-0.1, -0.05) is 0 Å². The second-order valence-electron chi connectivity index (χ2n) is 3.28. The lowest BCUT2D eigenvalue weighted by Gasteiger charge is -2.21. The highest BCUT2D eigenvalue weighted by atomic mass is 35.5. The molecule has 0 aromatic carbocycles. The minimum atomic E-state index is 0.401. The summed E-state index contributed by atoms with van der Waals surface area (Å²) in [5.41, 5.74) is 0.797. The number of alkyl halides is 1. The van der Waals surface area contributed by atoms with Gasteiger partial charge in [0.25, 0.3) is 0 Å². The Labute approximate surface area is 102 Å². The van der Waals surface area contributed by atoms with Gasteiger partial charge >= 0.3 is 0 Å². The molecule has 5 heteroatoms. The van der Waals surface area contributed by atoms with E-state index >= 15 is 0 Å². The maximum absolute atomic E-state index is 5.66. The molecule has 1 aromatic rings. The van der Waals surface area contributed by atoms with E-state index in [4.69, 9.17) is 16.3 Å². The summed E-state index contributed by atoms with van der Waals surface area (Å²) in [5.74, 6) is 1.27. The Hall–Kier alpha value is -0.870. The van der Waals surface area contributed by atoms with E-state index in [0.717, 1.165) is 31.2 Å². The van der Waals surface area contributed by atoms with Gasteiger partial charge in [0.15, 0.2) is 0 Å². The molecule has 0 bridgehead atoms. The van der Waals surface area contributed by atoms with Crippen LogP contribution in [0.1, 0.15) is 19.5 Å². The van der Waals surface area contributed by atoms with E-state index in [1.54, 1.807) is 12.4 Å². The fourth-order valence-electron chi connectivity index (χ4n) is 1.33. The van der Waals surface area contributed by atoms with Crippen LogP contribution in [0.5, 0.6) is 0 Å². The monoisotopic (exact) mass is 243 g/mol. The number of aromatic nitrogens is 2. The van der Waals surface area contributed by atoms with Gasteiger partial charge < -0.3 is 9.64 Å². The first-order valence-electron chi connectivity index (χ1n) is 5.51. The summed E-state index contributed by atoms with van der Waals surface area (Å²) in [5, 5.41) is 0. The van der Waals surface area contributed by atoms with Crippen LogP contribution < -0.4 is 4.90 Å². The Bertz CT molecular complexity index is 292. The van der Waals surface area contributed by atoms with Gasteiger partial charge in [0, 0.05) is 19.7 Å². The number of ether oxygens (including phenoxy) is 1. The van der Waals surface area contributed by atoms with E-state index in [-0.39, 0.29) is 0 Å². The molecule has 0 aliphatic rings. The SMILES string of the molecule is CCOCCN(CC)c1cnc(CCl)cn1. The van der Waals surface area contributed by atoms with Crippen molar-refractivity contribution in [3.63, 3.8) is 0 Å². The molecule has 0 unspecified atom stereocenters. The summed E-state index contributed by atoms with van der Waals surface area (Å²) < 4.78 is 5.32. The molecule has 0 aliphatic carbocycles. The molecule has 0 N–H and O–H groups in total. The number of nitrogens with zero attached hydrogens (tertiary/aromatic N) is 3. The molecule has 4 nitrogen and oxygen atoms in total. The van der Waals surface area contributed by atoms with E-state index in [1.165, 1.54) is 0 Å². The maximum atomic E-state index is 5.66. The van der Waals surface area contributed by atoms with Crippen molar-refractivity contribution in [1.82, 2.24) is 9.97 Å². The largest absolute Gasteiger partial charge is 0.380 e. The minimum absolute atomic E-state index is 0.401. The van der Waals surface area contributed by atoms with Crippen LogP contribution in [0.4, 0.5) is 5.82 Å². The van der Waals surface area contributed by atoms with Crippen molar-refractivity contribution in [2.45, 2.75) is 19.7 Å². The highest BCUT2D eigenvalue weighted by Gasteiger charge is 2.05. The van der Waals surface area contributed by atoms with Crippen LogP contribution in [0.3, 0.4) is 0 Å². The maximum Gasteiger partial charge on any atom is 0.147 e. The van der Waals surface area contributed by atoms with Gasteiger partial charge in [0.2, 0.25) is 0 Å². The molecular weight excluding hydrogens is 226 g/mol. The van der Waals surface area contributed by atoms with Crippen LogP contribution in [0, 0.1) is 0 Å². The van der Waals surface area contributed by atoms with Gasteiger partial charge in [-0.25, -0.2) is 4.98 Å². The average molecular weight is 244 g/mol. The van der Waals surface area contributed by atoms with E-state index in [0.29, 0.717) is 12.5 Å². The quantitative estimate of drug-likeness (QED) is 0.543. The Balaban J connectivity index is 2.56. The predicted octanol–water partition coefficient (Wildman–Crippen LogP) is 2.08. The van der Waals surface area contributed by atoms with E-state index in [1.807, 2.05) is 6.92 Å². The normalized spacial score (nSPS) is 10.4. The summed E-state index contributed by atoms with van der Waals surface area (Å²) in [4.78, 5) is 10.7. The number of anilines is 1. The first kappa shape index (κ1) is 13.2. The summed E-state index contributed by atoms with van der Waals surface area (Å²) in [6.07, 6.45) is 3.47. The number of hydrogen-bond acceptors (Lipinski definition) is 4. The number of rotatable bonds is 7. The van der Waals surface area contributed by atoms with Gasteiger partial charge in [-0.05, 0) is 13.8 Å². The molecule has 16 heavy (non-hydrogen) atoms. The van der Waals surface area contributed by atoms with Crippen LogP contribution in [-0.2, 0) is 10.6 Å². The van der Waals surface area contributed by atoms with E-state index < -0.39 is 0 Å². The number of hydrogen-bond donors (Lipinski definition) is 0. The lowest BCUT2D eigenvalue weighted by Crippen LogP contribution is -2.28. The molecule has 0 fully saturated rings. The van der Waals surface area contributed by atoms with E-state index in [2.05, 4.69) is 21.8 Å². The summed E-state index contributed by atoms with van der Waals surface area (Å²) in [7, 11) is 0. The van der Waals surface area contributed by atoms with E-state index in [9.17, 15) is 0 Å². The molecular formula is C11H18ClN3O. The fourth-order valence-corrected chi connectivity index (χ4v) is 1.47. The fraction of sp³-hybridized carbons (Fsp3) is 0.636. The van der Waals surface area contributed by atoms with Crippen molar-refractivity contribution in [1.29, 1.82) is 0 Å². The summed E-state index contributed by atoms with van der Waals surface area (Å²) in [6, 6.07) is 0. The zero-order valence-corrected chi connectivity index (χ0v) is 10.6. The molecule has 1 aromatic heterocycles. The smallest absolute Gasteiger partial charge is 0.147 e. The summed E-state index contributed by atoms with van der Waals surface area (Å²) >= 11 is 5.66. The Morgan fingerprint density at radius 3 is 2.62 bits per heavy atom. The third kappa shape index (κ3) is 3.94. The van der Waals surface area contributed by atoms with Crippen LogP contribution in [0.15, 0.2) is 12.4 Å². The van der Waals surface area contributed by atoms with Crippen molar-refractivity contribution in [2.75, 3.05) is 31.2 Å². The molecule has 0 aliphatic heterocycles. The van der Waals surface area contributed by atoms with Gasteiger partial charge in [-0.2, -0.15) is 0 Å². The lowest BCUT2D eigenvalue weighted by molar-refractivity contribution is 0.154. The van der Waals surface area contributed by atoms with Crippen LogP contribution in [0.2, 0.25) is 0 Å². The van der Waals surface area contributed by atoms with Gasteiger partial charge in [-0.3, -0.25) is 4.98 Å². The lowest BCUT2D eigenvalue weighted by atomic mass is 10.4.